The molecule has 2 aromatic carbocycles. The second-order valence-corrected chi connectivity index (χ2v) is 15.6. The third-order valence-corrected chi connectivity index (χ3v) is 9.93. The van der Waals surface area contributed by atoms with Crippen molar-refractivity contribution in [3.05, 3.63) is 89.1 Å². The Morgan fingerprint density at radius 2 is 1.61 bits per heavy atom. The predicted octanol–water partition coefficient (Wildman–Crippen LogP) is 6.14. The van der Waals surface area contributed by atoms with Crippen LogP contribution in [0.25, 0.3) is 11.3 Å². The number of pyridine rings is 1. The van der Waals surface area contributed by atoms with Gasteiger partial charge in [0.15, 0.2) is 0 Å². The number of hydrogen-bond acceptors (Lipinski definition) is 10. The van der Waals surface area contributed by atoms with Crippen molar-refractivity contribution in [2.45, 2.75) is 58.5 Å². The Balaban J connectivity index is 0.00000605. The average Bonchev–Trinajstić information content (AvgIpc) is 3.08. The van der Waals surface area contributed by atoms with E-state index in [1.165, 1.54) is 12.1 Å². The van der Waals surface area contributed by atoms with Gasteiger partial charge >= 0.3 is 0 Å². The second kappa shape index (κ2) is 16.2. The van der Waals surface area contributed by atoms with Crippen LogP contribution in [-0.4, -0.2) is 87.3 Å². The van der Waals surface area contributed by atoms with Crippen LogP contribution >= 0.6 is 0 Å². The maximum Gasteiger partial charge on any atom is 0.264 e. The number of benzene rings is 2. The van der Waals surface area contributed by atoms with Crippen LogP contribution in [0, 0.1) is 19.3 Å². The number of hydrogen-bond donors (Lipinski definition) is 1. The molecule has 12 nitrogen and oxygen atoms in total. The average molecular weight is 719 g/mol. The Morgan fingerprint density at radius 1 is 0.941 bits per heavy atom. The smallest absolute Gasteiger partial charge is 0.264 e. The summed E-state index contributed by atoms with van der Waals surface area (Å²) in [6.07, 6.45) is 0.574. The van der Waals surface area contributed by atoms with Gasteiger partial charge in [0.1, 0.15) is 12.4 Å². The molecule has 5 rings (SSSR count). The second-order valence-electron chi connectivity index (χ2n) is 13.9. The van der Waals surface area contributed by atoms with E-state index in [1.807, 2.05) is 50.2 Å². The molecule has 3 heterocycles. The van der Waals surface area contributed by atoms with Crippen LogP contribution in [0.3, 0.4) is 0 Å². The number of nitrogens with zero attached hydrogens (tertiary/aromatic N) is 5. The van der Waals surface area contributed by atoms with Gasteiger partial charge in [0, 0.05) is 45.9 Å². The van der Waals surface area contributed by atoms with E-state index < -0.39 is 16.1 Å². The molecule has 1 amide bonds. The van der Waals surface area contributed by atoms with Crippen LogP contribution in [0.2, 0.25) is 0 Å². The zero-order chi connectivity index (χ0) is 36.8. The van der Waals surface area contributed by atoms with Crippen molar-refractivity contribution < 1.29 is 28.8 Å². The van der Waals surface area contributed by atoms with Crippen molar-refractivity contribution in [1.29, 1.82) is 0 Å². The van der Waals surface area contributed by atoms with Crippen LogP contribution in [0.5, 0.6) is 5.88 Å². The molecule has 274 valence electrons. The number of carbonyl (C=O) groups excluding carboxylic acids is 1. The van der Waals surface area contributed by atoms with Crippen molar-refractivity contribution in [3.8, 4) is 17.1 Å². The minimum Gasteiger partial charge on any atom is -0.475 e. The quantitative estimate of drug-likeness (QED) is 0.193. The summed E-state index contributed by atoms with van der Waals surface area (Å²) in [5.41, 5.74) is 3.99. The molecule has 1 N–H and O–H groups in total. The number of methoxy groups -OCH3 is 2. The van der Waals surface area contributed by atoms with Gasteiger partial charge in [0.2, 0.25) is 11.8 Å². The summed E-state index contributed by atoms with van der Waals surface area (Å²) in [6, 6.07) is 18.9. The number of fused-ring (bicyclic) bond motifs is 4. The SMILES string of the molecule is COCCN(CCOC)c1cccc(CN2C(=O)c3cccc(c3)S(=O)(=O)Nc3nc(cc(-c4c(C)cccc4C)n3)OC[C@H]2CC(C)(C)C)n1.[HH]. The molecule has 13 heteroatoms. The standard InChI is InChI=1S/C38H48N6O6S.H2/c1-26-11-8-12-27(2)35(26)32-22-34-41-37(40-32)42-51(46,47)31-15-9-13-28(21-31)36(45)44(30(25-50-34)23-38(3,4)5)24-29-14-10-16-33(39-29)43(17-19-48-6)18-20-49-7;/h8-16,21-22,30H,17-20,23-25H2,1-7H3,(H,40,41,42);1H/t30-;/m1./s1. The van der Waals surface area contributed by atoms with Crippen molar-refractivity contribution in [2.24, 2.45) is 5.41 Å². The number of sulfonamides is 1. The van der Waals surface area contributed by atoms with E-state index in [4.69, 9.17) is 19.2 Å². The zero-order valence-electron chi connectivity index (χ0n) is 30.5. The first-order chi connectivity index (χ1) is 24.3. The summed E-state index contributed by atoms with van der Waals surface area (Å²) in [5.74, 6) is 0.443. The van der Waals surface area contributed by atoms with E-state index in [2.05, 4.69) is 40.4 Å². The Labute approximate surface area is 302 Å². The zero-order valence-corrected chi connectivity index (χ0v) is 31.3. The van der Waals surface area contributed by atoms with Crippen molar-refractivity contribution >= 4 is 27.7 Å². The number of rotatable bonds is 11. The summed E-state index contributed by atoms with van der Waals surface area (Å²) in [4.78, 5) is 32.4. The lowest BCUT2D eigenvalue weighted by Gasteiger charge is -2.35. The monoisotopic (exact) mass is 718 g/mol. The van der Waals surface area contributed by atoms with Gasteiger partial charge in [0.25, 0.3) is 15.9 Å². The van der Waals surface area contributed by atoms with E-state index in [0.717, 1.165) is 22.5 Å². The highest BCUT2D eigenvalue weighted by Crippen LogP contribution is 2.32. The fourth-order valence-corrected chi connectivity index (χ4v) is 7.19. The van der Waals surface area contributed by atoms with Crippen LogP contribution in [0.4, 0.5) is 11.8 Å². The van der Waals surface area contributed by atoms with Gasteiger partial charge in [-0.2, -0.15) is 4.98 Å². The number of aromatic nitrogens is 3. The molecule has 1 aliphatic heterocycles. The Kier molecular flexibility index (Phi) is 11.9. The van der Waals surface area contributed by atoms with E-state index in [9.17, 15) is 13.2 Å². The van der Waals surface area contributed by atoms with Gasteiger partial charge in [-0.15, -0.1) is 0 Å². The lowest BCUT2D eigenvalue weighted by molar-refractivity contribution is 0.0509. The molecule has 0 fully saturated rings. The Bertz CT molecular complexity index is 1930. The molecule has 0 saturated carbocycles. The number of amides is 1. The van der Waals surface area contributed by atoms with Crippen LogP contribution in [0.1, 0.15) is 55.8 Å². The first-order valence-corrected chi connectivity index (χ1v) is 18.5. The molecule has 0 unspecified atom stereocenters. The highest BCUT2D eigenvalue weighted by atomic mass is 32.2. The molecule has 51 heavy (non-hydrogen) atoms. The molecule has 0 saturated heterocycles. The molecule has 4 bridgehead atoms. The van der Waals surface area contributed by atoms with Gasteiger partial charge in [-0.1, -0.05) is 51.1 Å². The van der Waals surface area contributed by atoms with E-state index in [1.54, 1.807) is 37.3 Å². The molecule has 2 aromatic heterocycles. The highest BCUT2D eigenvalue weighted by molar-refractivity contribution is 7.92. The fourth-order valence-electron chi connectivity index (χ4n) is 6.20. The Hall–Kier alpha value is -4.59. The molecule has 0 spiro atoms. The predicted molar refractivity (Wildman–Crippen MR) is 200 cm³/mol. The summed E-state index contributed by atoms with van der Waals surface area (Å²) < 4.78 is 47.1. The summed E-state index contributed by atoms with van der Waals surface area (Å²) in [6.45, 7) is 12.8. The maximum absolute atomic E-state index is 14.6. The normalized spacial score (nSPS) is 15.9. The fraction of sp³-hybridized carbons (Fsp3) is 0.421. The van der Waals surface area contributed by atoms with Gasteiger partial charge in [-0.25, -0.2) is 23.1 Å². The maximum atomic E-state index is 14.6. The van der Waals surface area contributed by atoms with Crippen molar-refractivity contribution in [1.82, 2.24) is 19.9 Å². The Morgan fingerprint density at radius 3 is 2.27 bits per heavy atom. The summed E-state index contributed by atoms with van der Waals surface area (Å²) >= 11 is 0. The number of aryl methyl sites for hydroxylation is 2. The third-order valence-electron chi connectivity index (χ3n) is 8.61. The van der Waals surface area contributed by atoms with Gasteiger partial charge in [-0.05, 0) is 67.1 Å². The van der Waals surface area contributed by atoms with E-state index in [0.29, 0.717) is 44.1 Å². The van der Waals surface area contributed by atoms with Crippen LogP contribution in [-0.2, 0) is 26.0 Å². The van der Waals surface area contributed by atoms with Crippen molar-refractivity contribution in [2.75, 3.05) is 56.8 Å². The van der Waals surface area contributed by atoms with Crippen molar-refractivity contribution in [3.63, 3.8) is 0 Å². The first kappa shape index (κ1) is 37.7. The van der Waals surface area contributed by atoms with E-state index >= 15 is 0 Å². The number of anilines is 2. The molecule has 1 aliphatic rings. The number of carbonyl (C=O) groups is 1. The van der Waals surface area contributed by atoms with Crippen LogP contribution in [0.15, 0.2) is 71.6 Å². The minimum absolute atomic E-state index is 0. The van der Waals surface area contributed by atoms with E-state index in [-0.39, 0.29) is 48.2 Å². The van der Waals surface area contributed by atoms with Gasteiger partial charge < -0.3 is 24.0 Å². The molecular formula is C38H50N6O6S. The molecule has 1 atom stereocenters. The van der Waals surface area contributed by atoms with Gasteiger partial charge in [-0.3, -0.25) is 4.79 Å². The summed E-state index contributed by atoms with van der Waals surface area (Å²) in [7, 11) is -0.878. The van der Waals surface area contributed by atoms with Gasteiger partial charge in [0.05, 0.1) is 42.1 Å². The highest BCUT2D eigenvalue weighted by Gasteiger charge is 2.32. The molecule has 0 radical (unpaired) electrons. The number of nitrogens with one attached hydrogen (secondary N) is 1. The van der Waals surface area contributed by atoms with Crippen LogP contribution < -0.4 is 14.4 Å². The molecule has 4 aromatic rings. The third kappa shape index (κ3) is 9.60. The lowest BCUT2D eigenvalue weighted by atomic mass is 9.87. The number of ether oxygens (including phenoxy) is 3. The molecule has 0 aliphatic carbocycles. The first-order valence-electron chi connectivity index (χ1n) is 17.0. The largest absolute Gasteiger partial charge is 0.475 e. The molecular weight excluding hydrogens is 669 g/mol. The minimum atomic E-state index is -4.19. The summed E-state index contributed by atoms with van der Waals surface area (Å²) in [5, 5.41) is 0. The topological polar surface area (TPSA) is 136 Å². The lowest BCUT2D eigenvalue weighted by Crippen LogP contribution is -2.45.